The fraction of sp³-hybridized carbons (Fsp3) is 0.0625. The van der Waals surface area contributed by atoms with Crippen LogP contribution in [-0.2, 0) is 0 Å². The van der Waals surface area contributed by atoms with Crippen LogP contribution >= 0.6 is 0 Å². The molecule has 0 atom stereocenters. The highest BCUT2D eigenvalue weighted by Gasteiger charge is 2.07. The van der Waals surface area contributed by atoms with Gasteiger partial charge in [-0.2, -0.15) is 0 Å². The number of benzene rings is 2. The van der Waals surface area contributed by atoms with E-state index >= 15 is 0 Å². The van der Waals surface area contributed by atoms with Gasteiger partial charge in [-0.3, -0.25) is 4.79 Å². The minimum Gasteiger partial charge on any atom is -0.508 e. The van der Waals surface area contributed by atoms with E-state index in [4.69, 9.17) is 5.73 Å². The highest BCUT2D eigenvalue weighted by molar-refractivity contribution is 6.04. The minimum absolute atomic E-state index is 0.0766. The molecule has 0 fully saturated rings. The van der Waals surface area contributed by atoms with Gasteiger partial charge in [0.1, 0.15) is 11.6 Å². The number of anilines is 1. The van der Waals surface area contributed by atoms with Gasteiger partial charge in [0.25, 0.3) is 5.91 Å². The Morgan fingerprint density at radius 1 is 1.24 bits per heavy atom. The van der Waals surface area contributed by atoms with Crippen molar-refractivity contribution in [2.45, 2.75) is 0 Å². The number of carbonyl (C=O) groups is 1. The second kappa shape index (κ2) is 6.55. The summed E-state index contributed by atoms with van der Waals surface area (Å²) in [4.78, 5) is 12.0. The molecule has 106 valence electrons. The van der Waals surface area contributed by atoms with E-state index in [-0.39, 0.29) is 23.8 Å². The topological polar surface area (TPSA) is 75.3 Å². The van der Waals surface area contributed by atoms with Gasteiger partial charge in [-0.05, 0) is 42.5 Å². The van der Waals surface area contributed by atoms with Crippen LogP contribution in [0.4, 0.5) is 10.1 Å². The molecule has 2 rings (SSSR count). The molecule has 0 aliphatic carbocycles. The van der Waals surface area contributed by atoms with E-state index in [0.717, 1.165) is 0 Å². The molecule has 0 aliphatic rings. The predicted octanol–water partition coefficient (Wildman–Crippen LogP) is 2.09. The van der Waals surface area contributed by atoms with E-state index in [9.17, 15) is 14.3 Å². The molecule has 0 aromatic heterocycles. The first-order valence-electron chi connectivity index (χ1n) is 6.19. The Labute approximate surface area is 121 Å². The molecule has 0 saturated heterocycles. The van der Waals surface area contributed by atoms with Crippen LogP contribution in [0.1, 0.15) is 15.9 Å². The van der Waals surface area contributed by atoms with Crippen molar-refractivity contribution >= 4 is 11.6 Å². The summed E-state index contributed by atoms with van der Waals surface area (Å²) in [7, 11) is 0. The van der Waals surface area contributed by atoms with Crippen LogP contribution in [0.25, 0.3) is 0 Å². The van der Waals surface area contributed by atoms with Crippen LogP contribution in [-0.4, -0.2) is 17.6 Å². The summed E-state index contributed by atoms with van der Waals surface area (Å²) in [5.74, 6) is 4.40. The molecule has 4 nitrogen and oxygen atoms in total. The Kier molecular flexibility index (Phi) is 4.54. The van der Waals surface area contributed by atoms with Gasteiger partial charge in [0.05, 0.1) is 12.1 Å². The third-order valence-corrected chi connectivity index (χ3v) is 2.68. The van der Waals surface area contributed by atoms with Gasteiger partial charge in [-0.25, -0.2) is 4.39 Å². The Morgan fingerprint density at radius 2 is 1.95 bits per heavy atom. The first-order valence-corrected chi connectivity index (χ1v) is 6.19. The molecule has 0 heterocycles. The Balaban J connectivity index is 2.19. The van der Waals surface area contributed by atoms with Gasteiger partial charge in [-0.1, -0.05) is 11.8 Å². The van der Waals surface area contributed by atoms with E-state index in [2.05, 4.69) is 17.2 Å². The fourth-order valence-electron chi connectivity index (χ4n) is 1.66. The number of phenolic OH excluding ortho intramolecular Hbond substituents is 1. The van der Waals surface area contributed by atoms with Crippen LogP contribution in [0.15, 0.2) is 42.5 Å². The second-order valence-corrected chi connectivity index (χ2v) is 4.20. The number of halogens is 1. The molecular formula is C16H13FN2O2. The first kappa shape index (κ1) is 14.6. The van der Waals surface area contributed by atoms with Crippen LogP contribution < -0.4 is 11.1 Å². The third-order valence-electron chi connectivity index (χ3n) is 2.68. The molecule has 0 unspecified atom stereocenters. The lowest BCUT2D eigenvalue weighted by molar-refractivity contribution is 0.102. The lowest BCUT2D eigenvalue weighted by atomic mass is 10.1. The summed E-state index contributed by atoms with van der Waals surface area (Å²) < 4.78 is 13.5. The molecule has 21 heavy (non-hydrogen) atoms. The van der Waals surface area contributed by atoms with Crippen molar-refractivity contribution in [2.24, 2.45) is 5.73 Å². The van der Waals surface area contributed by atoms with Gasteiger partial charge < -0.3 is 16.2 Å². The summed E-state index contributed by atoms with van der Waals surface area (Å²) in [6.07, 6.45) is 0. The van der Waals surface area contributed by atoms with Gasteiger partial charge in [0, 0.05) is 11.3 Å². The van der Waals surface area contributed by atoms with E-state index in [0.29, 0.717) is 11.3 Å². The van der Waals surface area contributed by atoms with E-state index in [1.165, 1.54) is 42.5 Å². The molecule has 0 radical (unpaired) electrons. The van der Waals surface area contributed by atoms with Crippen molar-refractivity contribution in [2.75, 3.05) is 11.9 Å². The third kappa shape index (κ3) is 3.81. The normalized spacial score (nSPS) is 9.62. The standard InChI is InChI=1S/C16H13FN2O2/c17-15-8-5-13(10-12(15)2-1-9-18)19-16(21)11-3-6-14(20)7-4-11/h3-8,10,20H,9,18H2,(H,19,21). The summed E-state index contributed by atoms with van der Waals surface area (Å²) in [6, 6.07) is 9.92. The number of phenols is 1. The summed E-state index contributed by atoms with van der Waals surface area (Å²) in [5.41, 5.74) is 6.23. The molecule has 2 aromatic carbocycles. The van der Waals surface area contributed by atoms with Crippen molar-refractivity contribution in [1.29, 1.82) is 0 Å². The van der Waals surface area contributed by atoms with Crippen molar-refractivity contribution in [1.82, 2.24) is 0 Å². The molecule has 1 amide bonds. The zero-order chi connectivity index (χ0) is 15.2. The lowest BCUT2D eigenvalue weighted by Crippen LogP contribution is -2.11. The highest BCUT2D eigenvalue weighted by atomic mass is 19.1. The van der Waals surface area contributed by atoms with Gasteiger partial charge in [0.2, 0.25) is 0 Å². The predicted molar refractivity (Wildman–Crippen MR) is 78.4 cm³/mol. The molecular weight excluding hydrogens is 271 g/mol. The van der Waals surface area contributed by atoms with Crippen molar-refractivity contribution in [3.05, 3.63) is 59.4 Å². The number of hydrogen-bond donors (Lipinski definition) is 3. The van der Waals surface area contributed by atoms with Gasteiger partial charge in [-0.15, -0.1) is 0 Å². The quantitative estimate of drug-likeness (QED) is 0.739. The van der Waals surface area contributed by atoms with Crippen LogP contribution in [0, 0.1) is 17.7 Å². The average Bonchev–Trinajstić information content (AvgIpc) is 2.48. The van der Waals surface area contributed by atoms with Crippen LogP contribution in [0.2, 0.25) is 0 Å². The molecule has 2 aromatic rings. The number of nitrogens with two attached hydrogens (primary N) is 1. The molecule has 0 bridgehead atoms. The van der Waals surface area contributed by atoms with Crippen LogP contribution in [0.3, 0.4) is 0 Å². The molecule has 5 heteroatoms. The number of amides is 1. The van der Waals surface area contributed by atoms with Gasteiger partial charge in [0.15, 0.2) is 0 Å². The number of carbonyl (C=O) groups excluding carboxylic acids is 1. The number of rotatable bonds is 2. The van der Waals surface area contributed by atoms with E-state index in [1.807, 2.05) is 0 Å². The molecule has 0 spiro atoms. The van der Waals surface area contributed by atoms with E-state index < -0.39 is 5.82 Å². The smallest absolute Gasteiger partial charge is 0.255 e. The average molecular weight is 284 g/mol. The van der Waals surface area contributed by atoms with E-state index in [1.54, 1.807) is 0 Å². The summed E-state index contributed by atoms with van der Waals surface area (Å²) >= 11 is 0. The Bertz CT molecular complexity index is 715. The largest absolute Gasteiger partial charge is 0.508 e. The van der Waals surface area contributed by atoms with Crippen molar-refractivity contribution in [3.8, 4) is 17.6 Å². The molecule has 0 saturated carbocycles. The maximum Gasteiger partial charge on any atom is 0.255 e. The zero-order valence-corrected chi connectivity index (χ0v) is 11.1. The zero-order valence-electron chi connectivity index (χ0n) is 11.1. The Hall–Kier alpha value is -2.84. The SMILES string of the molecule is NCC#Cc1cc(NC(=O)c2ccc(O)cc2)ccc1F. The number of nitrogens with one attached hydrogen (secondary N) is 1. The first-order chi connectivity index (χ1) is 10.1. The summed E-state index contributed by atoms with van der Waals surface area (Å²) in [5, 5.41) is 11.8. The number of aromatic hydroxyl groups is 1. The maximum atomic E-state index is 13.5. The maximum absolute atomic E-state index is 13.5. The second-order valence-electron chi connectivity index (χ2n) is 4.20. The van der Waals surface area contributed by atoms with Crippen molar-refractivity contribution in [3.63, 3.8) is 0 Å². The van der Waals surface area contributed by atoms with Crippen LogP contribution in [0.5, 0.6) is 5.75 Å². The Morgan fingerprint density at radius 3 is 2.62 bits per heavy atom. The minimum atomic E-state index is -0.474. The van der Waals surface area contributed by atoms with Gasteiger partial charge >= 0.3 is 0 Å². The summed E-state index contributed by atoms with van der Waals surface area (Å²) in [6.45, 7) is 0.129. The highest BCUT2D eigenvalue weighted by Crippen LogP contribution is 2.16. The monoisotopic (exact) mass is 284 g/mol. The number of hydrogen-bond acceptors (Lipinski definition) is 3. The lowest BCUT2D eigenvalue weighted by Gasteiger charge is -2.06. The fourth-order valence-corrected chi connectivity index (χ4v) is 1.66. The molecule has 4 N–H and O–H groups in total. The molecule has 0 aliphatic heterocycles. The van der Waals surface area contributed by atoms with Crippen molar-refractivity contribution < 1.29 is 14.3 Å².